The monoisotopic (exact) mass is 327 g/mol. The molecule has 0 spiro atoms. The van der Waals surface area contributed by atoms with Gasteiger partial charge in [0.25, 0.3) is 0 Å². The largest absolute Gasteiger partial charge is 0.385 e. The van der Waals surface area contributed by atoms with Crippen molar-refractivity contribution in [2.75, 3.05) is 18.5 Å². The van der Waals surface area contributed by atoms with Gasteiger partial charge in [-0.3, -0.25) is 0 Å². The van der Waals surface area contributed by atoms with Gasteiger partial charge in [-0.15, -0.1) is 0 Å². The molecule has 1 N–H and O–H groups in total. The second kappa shape index (κ2) is 6.94. The summed E-state index contributed by atoms with van der Waals surface area (Å²) in [7, 11) is 0. The molecule has 1 aliphatic rings. The highest BCUT2D eigenvalue weighted by molar-refractivity contribution is 5.43. The second-order valence-corrected chi connectivity index (χ2v) is 7.37. The molecule has 0 radical (unpaired) electrons. The van der Waals surface area contributed by atoms with Crippen LogP contribution in [0.5, 0.6) is 0 Å². The molecule has 1 heterocycles. The van der Waals surface area contributed by atoms with E-state index >= 15 is 0 Å². The molecule has 0 bridgehead atoms. The van der Waals surface area contributed by atoms with Crippen LogP contribution >= 0.6 is 0 Å². The van der Waals surface area contributed by atoms with Gasteiger partial charge in [-0.25, -0.2) is 4.39 Å². The van der Waals surface area contributed by atoms with Gasteiger partial charge in [-0.2, -0.15) is 0 Å². The van der Waals surface area contributed by atoms with Gasteiger partial charge in [0.05, 0.1) is 5.60 Å². The van der Waals surface area contributed by atoms with Crippen molar-refractivity contribution in [2.45, 2.75) is 44.1 Å². The van der Waals surface area contributed by atoms with Crippen LogP contribution in [0.15, 0.2) is 54.6 Å². The van der Waals surface area contributed by atoms with Crippen LogP contribution in [0.25, 0.3) is 0 Å². The van der Waals surface area contributed by atoms with E-state index in [-0.39, 0.29) is 16.8 Å². The van der Waals surface area contributed by atoms with Crippen LogP contribution in [0, 0.1) is 5.82 Å². The first kappa shape index (κ1) is 17.0. The number of hydrogen-bond acceptors (Lipinski definition) is 2. The lowest BCUT2D eigenvalue weighted by molar-refractivity contribution is -0.0834. The molecular weight excluding hydrogens is 301 g/mol. The average Bonchev–Trinajstić information content (AvgIpc) is 2.55. The molecule has 1 fully saturated rings. The minimum atomic E-state index is -0.204. The Bertz CT molecular complexity index is 671. The van der Waals surface area contributed by atoms with Gasteiger partial charge in [0, 0.05) is 24.3 Å². The van der Waals surface area contributed by atoms with Crippen molar-refractivity contribution in [2.24, 2.45) is 0 Å². The van der Waals surface area contributed by atoms with Crippen LogP contribution < -0.4 is 5.32 Å². The zero-order valence-electron chi connectivity index (χ0n) is 14.5. The summed E-state index contributed by atoms with van der Waals surface area (Å²) < 4.78 is 19.3. The molecule has 0 amide bonds. The summed E-state index contributed by atoms with van der Waals surface area (Å²) in [6.45, 7) is 5.93. The molecule has 2 aromatic carbocycles. The molecule has 2 nitrogen and oxygen atoms in total. The van der Waals surface area contributed by atoms with E-state index in [2.05, 4.69) is 49.5 Å². The number of ether oxygens (including phenoxy) is 1. The first-order valence-electron chi connectivity index (χ1n) is 8.68. The lowest BCUT2D eigenvalue weighted by Crippen LogP contribution is -2.44. The molecule has 0 aliphatic carbocycles. The van der Waals surface area contributed by atoms with Crippen LogP contribution in [-0.2, 0) is 10.2 Å². The van der Waals surface area contributed by atoms with Gasteiger partial charge in [-0.1, -0.05) is 36.4 Å². The van der Waals surface area contributed by atoms with Crippen molar-refractivity contribution >= 4 is 5.69 Å². The SMILES string of the molecule is CC1(C)CC(CCNc2cccc(F)c2)(c2ccccc2)CCO1. The minimum absolute atomic E-state index is 0.101. The maximum absolute atomic E-state index is 13.3. The molecule has 3 heteroatoms. The third-order valence-electron chi connectivity index (χ3n) is 4.98. The number of halogens is 1. The summed E-state index contributed by atoms with van der Waals surface area (Å²) in [5.41, 5.74) is 2.20. The smallest absolute Gasteiger partial charge is 0.125 e. The summed E-state index contributed by atoms with van der Waals surface area (Å²) in [5, 5.41) is 3.37. The van der Waals surface area contributed by atoms with E-state index in [9.17, 15) is 4.39 Å². The maximum Gasteiger partial charge on any atom is 0.125 e. The molecule has 1 aliphatic heterocycles. The van der Waals surface area contributed by atoms with Crippen LogP contribution in [0.2, 0.25) is 0 Å². The van der Waals surface area contributed by atoms with Crippen LogP contribution in [0.3, 0.4) is 0 Å². The number of benzene rings is 2. The number of hydrogen-bond donors (Lipinski definition) is 1. The Hall–Kier alpha value is -1.87. The van der Waals surface area contributed by atoms with Crippen molar-refractivity contribution < 1.29 is 9.13 Å². The zero-order valence-corrected chi connectivity index (χ0v) is 14.5. The van der Waals surface area contributed by atoms with Gasteiger partial charge < -0.3 is 10.1 Å². The average molecular weight is 327 g/mol. The molecule has 2 aromatic rings. The van der Waals surface area contributed by atoms with Gasteiger partial charge in [0.15, 0.2) is 0 Å². The van der Waals surface area contributed by atoms with Gasteiger partial charge in [0.2, 0.25) is 0 Å². The molecule has 24 heavy (non-hydrogen) atoms. The highest BCUT2D eigenvalue weighted by atomic mass is 19.1. The predicted molar refractivity (Wildman–Crippen MR) is 96.9 cm³/mol. The summed E-state index contributed by atoms with van der Waals surface area (Å²) >= 11 is 0. The Morgan fingerprint density at radius 2 is 1.88 bits per heavy atom. The van der Waals surface area contributed by atoms with Crippen molar-refractivity contribution in [1.82, 2.24) is 0 Å². The quantitative estimate of drug-likeness (QED) is 0.819. The minimum Gasteiger partial charge on any atom is -0.385 e. The van der Waals surface area contributed by atoms with Crippen LogP contribution in [0.1, 0.15) is 38.7 Å². The zero-order chi connectivity index (χ0) is 17.0. The Labute approximate surface area is 144 Å². The fourth-order valence-corrected chi connectivity index (χ4v) is 3.92. The fraction of sp³-hybridized carbons (Fsp3) is 0.429. The molecule has 0 saturated carbocycles. The molecular formula is C21H26FNO. The summed E-state index contributed by atoms with van der Waals surface area (Å²) in [4.78, 5) is 0. The summed E-state index contributed by atoms with van der Waals surface area (Å²) in [6, 6.07) is 17.4. The van der Waals surface area contributed by atoms with E-state index in [1.54, 1.807) is 12.1 Å². The predicted octanol–water partition coefficient (Wildman–Crippen LogP) is 5.15. The molecule has 3 rings (SSSR count). The van der Waals surface area contributed by atoms with Gasteiger partial charge in [0.1, 0.15) is 5.82 Å². The van der Waals surface area contributed by atoms with E-state index in [0.717, 1.165) is 38.1 Å². The molecule has 0 aromatic heterocycles. The van der Waals surface area contributed by atoms with Crippen molar-refractivity contribution in [3.8, 4) is 0 Å². The van der Waals surface area contributed by atoms with E-state index < -0.39 is 0 Å². The van der Waals surface area contributed by atoms with E-state index in [1.807, 2.05) is 6.07 Å². The van der Waals surface area contributed by atoms with E-state index in [4.69, 9.17) is 4.74 Å². The Morgan fingerprint density at radius 3 is 2.58 bits per heavy atom. The summed E-state index contributed by atoms with van der Waals surface area (Å²) in [5.74, 6) is -0.204. The molecule has 1 atom stereocenters. The Morgan fingerprint density at radius 1 is 1.08 bits per heavy atom. The third kappa shape index (κ3) is 3.96. The summed E-state index contributed by atoms with van der Waals surface area (Å²) in [6.07, 6.45) is 3.01. The van der Waals surface area contributed by atoms with E-state index in [0.29, 0.717) is 0 Å². The first-order valence-corrected chi connectivity index (χ1v) is 8.68. The van der Waals surface area contributed by atoms with Crippen LogP contribution in [-0.4, -0.2) is 18.8 Å². The van der Waals surface area contributed by atoms with E-state index in [1.165, 1.54) is 11.6 Å². The van der Waals surface area contributed by atoms with Gasteiger partial charge in [-0.05, 0) is 56.9 Å². The van der Waals surface area contributed by atoms with Crippen molar-refractivity contribution in [1.29, 1.82) is 0 Å². The van der Waals surface area contributed by atoms with Gasteiger partial charge >= 0.3 is 0 Å². The normalized spacial score (nSPS) is 23.0. The highest BCUT2D eigenvalue weighted by Crippen LogP contribution is 2.43. The van der Waals surface area contributed by atoms with Crippen LogP contribution in [0.4, 0.5) is 10.1 Å². The topological polar surface area (TPSA) is 21.3 Å². The first-order chi connectivity index (χ1) is 11.5. The second-order valence-electron chi connectivity index (χ2n) is 7.37. The maximum atomic E-state index is 13.3. The Kier molecular flexibility index (Phi) is 4.91. The molecule has 1 unspecified atom stereocenters. The third-order valence-corrected chi connectivity index (χ3v) is 4.98. The number of anilines is 1. The lowest BCUT2D eigenvalue weighted by atomic mass is 9.67. The Balaban J connectivity index is 1.76. The van der Waals surface area contributed by atoms with Crippen molar-refractivity contribution in [3.05, 3.63) is 66.0 Å². The standard InChI is InChI=1S/C21H26FNO/c1-20(2)16-21(12-14-24-20,17-7-4-3-5-8-17)11-13-23-19-10-6-9-18(22)15-19/h3-10,15,23H,11-14,16H2,1-2H3. The number of nitrogens with one attached hydrogen (secondary N) is 1. The molecule has 128 valence electrons. The lowest BCUT2D eigenvalue weighted by Gasteiger charge is -2.45. The highest BCUT2D eigenvalue weighted by Gasteiger charge is 2.41. The fourth-order valence-electron chi connectivity index (χ4n) is 3.92. The molecule has 1 saturated heterocycles. The number of rotatable bonds is 5. The van der Waals surface area contributed by atoms with Crippen molar-refractivity contribution in [3.63, 3.8) is 0 Å².